The van der Waals surface area contributed by atoms with E-state index in [1.807, 2.05) is 0 Å². The van der Waals surface area contributed by atoms with E-state index in [0.29, 0.717) is 25.8 Å². The Labute approximate surface area is 109 Å². The van der Waals surface area contributed by atoms with Gasteiger partial charge in [-0.2, -0.15) is 0 Å². The number of rotatable bonds is 6. The lowest BCUT2D eigenvalue weighted by atomic mass is 9.97. The zero-order chi connectivity index (χ0) is 13.6. The summed E-state index contributed by atoms with van der Waals surface area (Å²) in [5.41, 5.74) is 5.58. The Morgan fingerprint density at radius 2 is 1.83 bits per heavy atom. The third kappa shape index (κ3) is 4.29. The fourth-order valence-corrected chi connectivity index (χ4v) is 2.41. The highest BCUT2D eigenvalue weighted by Crippen LogP contribution is 2.28. The largest absolute Gasteiger partial charge is 0.349 e. The second-order valence-corrected chi connectivity index (χ2v) is 5.38. The number of nitrogens with zero attached hydrogens (tertiary/aromatic N) is 1. The van der Waals surface area contributed by atoms with Crippen LogP contribution in [0.4, 0.5) is 0 Å². The topological polar surface area (TPSA) is 75.4 Å². The Hall–Kier alpha value is -1.10. The average Bonchev–Trinajstić information content (AvgIpc) is 2.77. The first-order valence-electron chi connectivity index (χ1n) is 6.70. The van der Waals surface area contributed by atoms with Crippen molar-refractivity contribution < 1.29 is 9.59 Å². The van der Waals surface area contributed by atoms with Crippen LogP contribution < -0.4 is 11.1 Å². The molecular formula is C13H25N3O2. The summed E-state index contributed by atoms with van der Waals surface area (Å²) in [4.78, 5) is 24.7. The van der Waals surface area contributed by atoms with Gasteiger partial charge in [-0.15, -0.1) is 0 Å². The lowest BCUT2D eigenvalue weighted by Crippen LogP contribution is -2.51. The van der Waals surface area contributed by atoms with Gasteiger partial charge in [0.05, 0.1) is 5.54 Å². The van der Waals surface area contributed by atoms with E-state index in [2.05, 4.69) is 5.32 Å². The molecule has 2 amide bonds. The van der Waals surface area contributed by atoms with Gasteiger partial charge in [-0.1, -0.05) is 12.8 Å². The molecule has 0 aromatic heterocycles. The van der Waals surface area contributed by atoms with Gasteiger partial charge < -0.3 is 16.0 Å². The van der Waals surface area contributed by atoms with Crippen molar-refractivity contribution in [2.24, 2.45) is 5.73 Å². The summed E-state index contributed by atoms with van der Waals surface area (Å²) in [5.74, 6) is 0.0890. The fraction of sp³-hybridized carbons (Fsp3) is 0.846. The molecule has 0 aromatic carbocycles. The summed E-state index contributed by atoms with van der Waals surface area (Å²) in [5, 5.41) is 3.06. The first-order valence-corrected chi connectivity index (χ1v) is 6.70. The average molecular weight is 255 g/mol. The number of hydrogen-bond acceptors (Lipinski definition) is 3. The van der Waals surface area contributed by atoms with Crippen molar-refractivity contribution >= 4 is 11.8 Å². The van der Waals surface area contributed by atoms with E-state index in [-0.39, 0.29) is 17.4 Å². The predicted molar refractivity (Wildman–Crippen MR) is 70.9 cm³/mol. The molecule has 1 aliphatic carbocycles. The van der Waals surface area contributed by atoms with E-state index in [9.17, 15) is 9.59 Å². The fourth-order valence-electron chi connectivity index (χ4n) is 2.41. The number of carbonyl (C=O) groups excluding carboxylic acids is 2. The third-order valence-corrected chi connectivity index (χ3v) is 3.65. The lowest BCUT2D eigenvalue weighted by Gasteiger charge is -2.28. The van der Waals surface area contributed by atoms with Crippen molar-refractivity contribution in [3.8, 4) is 0 Å². The lowest BCUT2D eigenvalue weighted by molar-refractivity contribution is -0.129. The smallest absolute Gasteiger partial charge is 0.222 e. The Kier molecular flexibility index (Phi) is 5.59. The molecule has 0 aromatic rings. The minimum atomic E-state index is -0.178. The minimum absolute atomic E-state index is 0.0221. The molecule has 0 heterocycles. The summed E-state index contributed by atoms with van der Waals surface area (Å²) < 4.78 is 0. The van der Waals surface area contributed by atoms with Crippen LogP contribution in [0.5, 0.6) is 0 Å². The summed E-state index contributed by atoms with van der Waals surface area (Å²) in [6.07, 6.45) is 5.66. The Bertz CT molecular complexity index is 297. The van der Waals surface area contributed by atoms with Crippen LogP contribution in [0.15, 0.2) is 0 Å². The highest BCUT2D eigenvalue weighted by atomic mass is 16.2. The third-order valence-electron chi connectivity index (χ3n) is 3.65. The normalized spacial score (nSPS) is 17.5. The maximum atomic E-state index is 11.8. The highest BCUT2D eigenvalue weighted by Gasteiger charge is 2.33. The summed E-state index contributed by atoms with van der Waals surface area (Å²) in [6, 6.07) is 0. The molecular weight excluding hydrogens is 230 g/mol. The van der Waals surface area contributed by atoms with Crippen LogP contribution in [0.25, 0.3) is 0 Å². The van der Waals surface area contributed by atoms with Gasteiger partial charge in [0, 0.05) is 33.5 Å². The van der Waals surface area contributed by atoms with Crippen LogP contribution in [0.3, 0.4) is 0 Å². The van der Waals surface area contributed by atoms with Crippen LogP contribution in [0, 0.1) is 0 Å². The van der Waals surface area contributed by atoms with Crippen LogP contribution in [0.2, 0.25) is 0 Å². The van der Waals surface area contributed by atoms with Gasteiger partial charge in [-0.05, 0) is 19.3 Å². The molecule has 0 atom stereocenters. The molecule has 18 heavy (non-hydrogen) atoms. The zero-order valence-corrected chi connectivity index (χ0v) is 11.5. The summed E-state index contributed by atoms with van der Waals surface area (Å²) in [7, 11) is 3.45. The van der Waals surface area contributed by atoms with Gasteiger partial charge in [0.25, 0.3) is 0 Å². The van der Waals surface area contributed by atoms with Gasteiger partial charge in [0.15, 0.2) is 0 Å². The van der Waals surface area contributed by atoms with E-state index < -0.39 is 0 Å². The van der Waals surface area contributed by atoms with Crippen molar-refractivity contribution in [1.29, 1.82) is 0 Å². The van der Waals surface area contributed by atoms with Crippen LogP contribution in [0.1, 0.15) is 44.9 Å². The molecule has 3 N–H and O–H groups in total. The number of amides is 2. The second-order valence-electron chi connectivity index (χ2n) is 5.38. The molecule has 0 bridgehead atoms. The molecule has 0 aliphatic heterocycles. The van der Waals surface area contributed by atoms with Crippen molar-refractivity contribution in [2.75, 3.05) is 20.6 Å². The molecule has 0 saturated heterocycles. The number of carbonyl (C=O) groups is 2. The Morgan fingerprint density at radius 3 is 2.33 bits per heavy atom. The molecule has 1 fully saturated rings. The monoisotopic (exact) mass is 255 g/mol. The van der Waals surface area contributed by atoms with E-state index in [0.717, 1.165) is 25.7 Å². The van der Waals surface area contributed by atoms with Crippen molar-refractivity contribution in [3.63, 3.8) is 0 Å². The van der Waals surface area contributed by atoms with Gasteiger partial charge in [0.1, 0.15) is 0 Å². The standard InChI is InChI=1S/C13H25N3O2/c1-16(2)12(18)7-5-6-11(17)15-13(10-14)8-3-4-9-13/h3-10,14H2,1-2H3,(H,15,17). The van der Waals surface area contributed by atoms with Crippen molar-refractivity contribution in [1.82, 2.24) is 10.2 Å². The van der Waals surface area contributed by atoms with Gasteiger partial charge >= 0.3 is 0 Å². The Balaban J connectivity index is 2.27. The summed E-state index contributed by atoms with van der Waals surface area (Å²) >= 11 is 0. The highest BCUT2D eigenvalue weighted by molar-refractivity contribution is 5.79. The Morgan fingerprint density at radius 1 is 1.22 bits per heavy atom. The van der Waals surface area contributed by atoms with Crippen LogP contribution in [-0.2, 0) is 9.59 Å². The summed E-state index contributed by atoms with van der Waals surface area (Å²) in [6.45, 7) is 0.509. The second kappa shape index (κ2) is 6.73. The first kappa shape index (κ1) is 15.0. The van der Waals surface area contributed by atoms with Crippen LogP contribution in [-0.4, -0.2) is 42.9 Å². The van der Waals surface area contributed by atoms with E-state index in [1.165, 1.54) is 0 Å². The number of nitrogens with one attached hydrogen (secondary N) is 1. The van der Waals surface area contributed by atoms with Crippen LogP contribution >= 0.6 is 0 Å². The molecule has 0 unspecified atom stereocenters. The molecule has 1 rings (SSSR count). The first-order chi connectivity index (χ1) is 8.49. The number of nitrogens with two attached hydrogens (primary N) is 1. The molecule has 1 saturated carbocycles. The predicted octanol–water partition coefficient (Wildman–Crippen LogP) is 0.633. The molecule has 0 radical (unpaired) electrons. The SMILES string of the molecule is CN(C)C(=O)CCCC(=O)NC1(CN)CCCC1. The molecule has 1 aliphatic rings. The zero-order valence-electron chi connectivity index (χ0n) is 11.5. The van der Waals surface area contributed by atoms with Gasteiger partial charge in [-0.3, -0.25) is 9.59 Å². The van der Waals surface area contributed by atoms with Crippen molar-refractivity contribution in [2.45, 2.75) is 50.5 Å². The molecule has 5 heteroatoms. The molecule has 5 nitrogen and oxygen atoms in total. The quantitative estimate of drug-likeness (QED) is 0.731. The van der Waals surface area contributed by atoms with Gasteiger partial charge in [-0.25, -0.2) is 0 Å². The number of hydrogen-bond donors (Lipinski definition) is 2. The minimum Gasteiger partial charge on any atom is -0.349 e. The van der Waals surface area contributed by atoms with E-state index in [1.54, 1.807) is 19.0 Å². The molecule has 0 spiro atoms. The van der Waals surface area contributed by atoms with Gasteiger partial charge in [0.2, 0.25) is 11.8 Å². The molecule has 104 valence electrons. The maximum Gasteiger partial charge on any atom is 0.222 e. The van der Waals surface area contributed by atoms with E-state index >= 15 is 0 Å². The van der Waals surface area contributed by atoms with E-state index in [4.69, 9.17) is 5.73 Å². The maximum absolute atomic E-state index is 11.8. The van der Waals surface area contributed by atoms with Crippen molar-refractivity contribution in [3.05, 3.63) is 0 Å².